The molecular formula is C27H29N3O4S2. The number of carbonyl (C=O) groups is 2. The van der Waals surface area contributed by atoms with Crippen LogP contribution in [-0.4, -0.2) is 46.6 Å². The largest absolute Gasteiger partial charge is 0.462 e. The molecule has 4 rings (SSSR count). The Kier molecular flexibility index (Phi) is 9.24. The third-order valence-electron chi connectivity index (χ3n) is 5.79. The summed E-state index contributed by atoms with van der Waals surface area (Å²) >= 11 is 3.35. The van der Waals surface area contributed by atoms with Crippen LogP contribution in [0.4, 0.5) is 0 Å². The van der Waals surface area contributed by atoms with E-state index in [-0.39, 0.29) is 13.2 Å². The van der Waals surface area contributed by atoms with Gasteiger partial charge in [0.05, 0.1) is 30.3 Å². The van der Waals surface area contributed by atoms with Gasteiger partial charge in [0.25, 0.3) is 0 Å². The Balaban J connectivity index is 1.51. The lowest BCUT2D eigenvalue weighted by Gasteiger charge is -2.32. The molecule has 0 unspecified atom stereocenters. The van der Waals surface area contributed by atoms with Crippen LogP contribution >= 0.6 is 23.5 Å². The normalized spacial score (nSPS) is 16.3. The van der Waals surface area contributed by atoms with E-state index in [9.17, 15) is 9.59 Å². The number of pyridine rings is 2. The molecule has 0 spiro atoms. The van der Waals surface area contributed by atoms with Crippen LogP contribution in [0.1, 0.15) is 25.2 Å². The van der Waals surface area contributed by atoms with Crippen molar-refractivity contribution >= 4 is 35.5 Å². The third kappa shape index (κ3) is 6.59. The summed E-state index contributed by atoms with van der Waals surface area (Å²) in [6.07, 6.45) is 4.46. The van der Waals surface area contributed by atoms with E-state index in [0.717, 1.165) is 27.8 Å². The van der Waals surface area contributed by atoms with Crippen LogP contribution in [-0.2, 0) is 31.9 Å². The van der Waals surface area contributed by atoms with Crippen molar-refractivity contribution < 1.29 is 19.1 Å². The molecular weight excluding hydrogens is 494 g/mol. The smallest absolute Gasteiger partial charge is 0.336 e. The number of ether oxygens (including phenoxy) is 2. The Morgan fingerprint density at radius 1 is 0.889 bits per heavy atom. The van der Waals surface area contributed by atoms with Crippen LogP contribution in [0.5, 0.6) is 0 Å². The van der Waals surface area contributed by atoms with Crippen molar-refractivity contribution in [3.8, 4) is 0 Å². The SMILES string of the molecule is CC1=C(C(=O)OCCc2ccccn2)C(C2=CSCCS2)C(C(=O)OCCc2ccccn2)=C(C)N1. The van der Waals surface area contributed by atoms with Crippen LogP contribution in [0.25, 0.3) is 0 Å². The number of hydrogen-bond acceptors (Lipinski definition) is 9. The molecule has 36 heavy (non-hydrogen) atoms. The van der Waals surface area contributed by atoms with Crippen molar-refractivity contribution in [1.82, 2.24) is 15.3 Å². The van der Waals surface area contributed by atoms with E-state index in [1.165, 1.54) is 0 Å². The number of thioether (sulfide) groups is 2. The minimum absolute atomic E-state index is 0.201. The fraction of sp³-hybridized carbons (Fsp3) is 0.333. The molecule has 0 atom stereocenters. The average Bonchev–Trinajstić information content (AvgIpc) is 2.90. The number of allylic oxidation sites excluding steroid dienone is 3. The Labute approximate surface area is 219 Å². The van der Waals surface area contributed by atoms with Crippen molar-refractivity contribution in [2.75, 3.05) is 24.7 Å². The van der Waals surface area contributed by atoms with Gasteiger partial charge in [0.15, 0.2) is 0 Å². The highest BCUT2D eigenvalue weighted by atomic mass is 32.2. The predicted octanol–water partition coefficient (Wildman–Crippen LogP) is 4.44. The van der Waals surface area contributed by atoms with Crippen molar-refractivity contribution in [3.63, 3.8) is 0 Å². The lowest BCUT2D eigenvalue weighted by atomic mass is 9.85. The van der Waals surface area contributed by atoms with Crippen LogP contribution in [0.3, 0.4) is 0 Å². The summed E-state index contributed by atoms with van der Waals surface area (Å²) in [6, 6.07) is 11.3. The zero-order chi connectivity index (χ0) is 25.3. The number of nitrogens with one attached hydrogen (secondary N) is 1. The molecule has 0 aromatic carbocycles. The number of hydrogen-bond donors (Lipinski definition) is 1. The molecule has 0 saturated heterocycles. The molecule has 7 nitrogen and oxygen atoms in total. The molecule has 2 aromatic rings. The van der Waals surface area contributed by atoms with Gasteiger partial charge in [-0.05, 0) is 43.5 Å². The number of rotatable bonds is 9. The predicted molar refractivity (Wildman–Crippen MR) is 143 cm³/mol. The molecule has 1 N–H and O–H groups in total. The van der Waals surface area contributed by atoms with Gasteiger partial charge in [0.1, 0.15) is 0 Å². The topological polar surface area (TPSA) is 90.4 Å². The monoisotopic (exact) mass is 523 g/mol. The van der Waals surface area contributed by atoms with Crippen molar-refractivity contribution in [2.45, 2.75) is 26.7 Å². The van der Waals surface area contributed by atoms with E-state index >= 15 is 0 Å². The van der Waals surface area contributed by atoms with E-state index in [1.54, 1.807) is 35.9 Å². The first kappa shape index (κ1) is 26.0. The molecule has 0 saturated carbocycles. The molecule has 188 valence electrons. The first-order chi connectivity index (χ1) is 17.5. The lowest BCUT2D eigenvalue weighted by molar-refractivity contribution is -0.140. The van der Waals surface area contributed by atoms with Crippen LogP contribution < -0.4 is 5.32 Å². The summed E-state index contributed by atoms with van der Waals surface area (Å²) in [4.78, 5) is 36.2. The zero-order valence-electron chi connectivity index (χ0n) is 20.4. The Bertz CT molecular complexity index is 1100. The van der Waals surface area contributed by atoms with E-state index in [1.807, 2.05) is 55.7 Å². The van der Waals surface area contributed by atoms with E-state index in [2.05, 4.69) is 15.3 Å². The molecule has 2 aliphatic rings. The van der Waals surface area contributed by atoms with Crippen molar-refractivity contribution in [3.05, 3.63) is 93.0 Å². The second-order valence-corrected chi connectivity index (χ2v) is 10.4. The Hall–Kier alpha value is -3.04. The van der Waals surface area contributed by atoms with Crippen LogP contribution in [0, 0.1) is 5.92 Å². The van der Waals surface area contributed by atoms with E-state index in [4.69, 9.17) is 9.47 Å². The maximum atomic E-state index is 13.4. The molecule has 0 bridgehead atoms. The van der Waals surface area contributed by atoms with Gasteiger partial charge in [0, 0.05) is 64.4 Å². The molecule has 2 aliphatic heterocycles. The number of carbonyl (C=O) groups excluding carboxylic acids is 2. The fourth-order valence-electron chi connectivity index (χ4n) is 4.10. The highest BCUT2D eigenvalue weighted by Crippen LogP contribution is 2.43. The standard InChI is InChI=1S/C27H29N3O4S2/c1-18-23(26(31)33-13-9-20-7-3-5-11-28-20)25(22-17-35-15-16-36-22)24(19(2)30-18)27(32)34-14-10-21-8-4-6-12-29-21/h3-8,11-12,17,25,30H,9-10,13-16H2,1-2H3. The Morgan fingerprint density at radius 2 is 1.44 bits per heavy atom. The minimum Gasteiger partial charge on any atom is -0.462 e. The van der Waals surface area contributed by atoms with Crippen molar-refractivity contribution in [2.24, 2.45) is 5.92 Å². The number of dihydropyridines is 1. The number of nitrogens with zero attached hydrogens (tertiary/aromatic N) is 2. The van der Waals surface area contributed by atoms with Crippen LogP contribution in [0.15, 0.2) is 81.6 Å². The van der Waals surface area contributed by atoms with E-state index in [0.29, 0.717) is 35.4 Å². The first-order valence-corrected chi connectivity index (χ1v) is 13.8. The summed E-state index contributed by atoms with van der Waals surface area (Å²) in [5, 5.41) is 5.26. The summed E-state index contributed by atoms with van der Waals surface area (Å²) in [5.41, 5.74) is 3.96. The van der Waals surface area contributed by atoms with Gasteiger partial charge in [-0.15, -0.1) is 23.5 Å². The molecule has 4 heterocycles. The number of aromatic nitrogens is 2. The second kappa shape index (κ2) is 12.8. The molecule has 0 aliphatic carbocycles. The maximum Gasteiger partial charge on any atom is 0.336 e. The number of esters is 2. The molecule has 0 amide bonds. The summed E-state index contributed by atoms with van der Waals surface area (Å²) in [6.45, 7) is 4.09. The highest BCUT2D eigenvalue weighted by Gasteiger charge is 2.39. The van der Waals surface area contributed by atoms with Gasteiger partial charge in [-0.3, -0.25) is 9.97 Å². The zero-order valence-corrected chi connectivity index (χ0v) is 22.0. The first-order valence-electron chi connectivity index (χ1n) is 11.8. The third-order valence-corrected chi connectivity index (χ3v) is 8.15. The molecule has 0 radical (unpaired) electrons. The average molecular weight is 524 g/mol. The Morgan fingerprint density at radius 3 is 1.89 bits per heavy atom. The minimum atomic E-state index is -0.534. The van der Waals surface area contributed by atoms with E-state index < -0.39 is 17.9 Å². The summed E-state index contributed by atoms with van der Waals surface area (Å²) < 4.78 is 11.4. The van der Waals surface area contributed by atoms with Gasteiger partial charge in [-0.25, -0.2) is 9.59 Å². The molecule has 0 fully saturated rings. The second-order valence-electron chi connectivity index (χ2n) is 8.29. The highest BCUT2D eigenvalue weighted by molar-refractivity contribution is 8.09. The van der Waals surface area contributed by atoms with Gasteiger partial charge in [-0.2, -0.15) is 0 Å². The van der Waals surface area contributed by atoms with Gasteiger partial charge < -0.3 is 14.8 Å². The summed E-state index contributed by atoms with van der Waals surface area (Å²) in [7, 11) is 0. The quantitative estimate of drug-likeness (QED) is 0.479. The summed E-state index contributed by atoms with van der Waals surface area (Å²) in [5.74, 6) is 0.475. The van der Waals surface area contributed by atoms with Crippen LogP contribution in [0.2, 0.25) is 0 Å². The lowest BCUT2D eigenvalue weighted by Crippen LogP contribution is -2.34. The fourth-order valence-corrected chi connectivity index (χ4v) is 6.35. The molecule has 9 heteroatoms. The van der Waals surface area contributed by atoms with Gasteiger partial charge >= 0.3 is 11.9 Å². The maximum absolute atomic E-state index is 13.4. The molecule has 2 aromatic heterocycles. The van der Waals surface area contributed by atoms with Gasteiger partial charge in [-0.1, -0.05) is 12.1 Å². The van der Waals surface area contributed by atoms with Crippen molar-refractivity contribution in [1.29, 1.82) is 0 Å². The van der Waals surface area contributed by atoms with Gasteiger partial charge in [0.2, 0.25) is 0 Å².